The van der Waals surface area contributed by atoms with Crippen molar-refractivity contribution in [1.82, 2.24) is 9.55 Å². The molecule has 0 aliphatic heterocycles. The maximum Gasteiger partial charge on any atom is 0.151 e. The van der Waals surface area contributed by atoms with Crippen LogP contribution in [0, 0.1) is 11.7 Å². The molecule has 0 aliphatic rings. The topological polar surface area (TPSA) is 17.8 Å². The quantitative estimate of drug-likeness (QED) is 0.689. The number of aromatic nitrogens is 2. The van der Waals surface area contributed by atoms with E-state index in [0.717, 1.165) is 24.2 Å². The molecule has 0 aliphatic carbocycles. The van der Waals surface area contributed by atoms with E-state index in [1.807, 2.05) is 6.07 Å². The molecule has 20 heavy (non-hydrogen) atoms. The molecule has 2 nitrogen and oxygen atoms in total. The highest BCUT2D eigenvalue weighted by Crippen LogP contribution is 2.28. The SMILES string of the molecule is CCC(C)CC(C)n1c(CCCl)nc2c(F)cccc21. The van der Waals surface area contributed by atoms with Crippen LogP contribution < -0.4 is 0 Å². The van der Waals surface area contributed by atoms with Crippen LogP contribution in [0.2, 0.25) is 0 Å². The van der Waals surface area contributed by atoms with Crippen LogP contribution in [0.4, 0.5) is 4.39 Å². The minimum Gasteiger partial charge on any atom is -0.325 e. The van der Waals surface area contributed by atoms with Gasteiger partial charge < -0.3 is 4.57 Å². The second kappa shape index (κ2) is 6.57. The molecule has 1 aromatic carbocycles. The number of hydrogen-bond acceptors (Lipinski definition) is 1. The number of imidazole rings is 1. The Hall–Kier alpha value is -1.09. The van der Waals surface area contributed by atoms with E-state index < -0.39 is 0 Å². The average Bonchev–Trinajstić information content (AvgIpc) is 2.78. The van der Waals surface area contributed by atoms with Crippen LogP contribution in [0.5, 0.6) is 0 Å². The Morgan fingerprint density at radius 2 is 2.10 bits per heavy atom. The third kappa shape index (κ3) is 2.98. The highest BCUT2D eigenvalue weighted by atomic mass is 35.5. The zero-order valence-corrected chi connectivity index (χ0v) is 13.1. The second-order valence-corrected chi connectivity index (χ2v) is 5.92. The first-order valence-electron chi connectivity index (χ1n) is 7.29. The Kier molecular flexibility index (Phi) is 5.03. The monoisotopic (exact) mass is 296 g/mol. The molecule has 0 amide bonds. The summed E-state index contributed by atoms with van der Waals surface area (Å²) < 4.78 is 16.1. The number of alkyl halides is 1. The maximum absolute atomic E-state index is 13.9. The number of halogens is 2. The number of hydrogen-bond donors (Lipinski definition) is 0. The van der Waals surface area contributed by atoms with Gasteiger partial charge in [-0.3, -0.25) is 0 Å². The van der Waals surface area contributed by atoms with Gasteiger partial charge in [-0.2, -0.15) is 0 Å². The fourth-order valence-corrected chi connectivity index (χ4v) is 2.91. The summed E-state index contributed by atoms with van der Waals surface area (Å²) in [5.41, 5.74) is 1.34. The molecule has 2 unspecified atom stereocenters. The fraction of sp³-hybridized carbons (Fsp3) is 0.562. The van der Waals surface area contributed by atoms with Crippen LogP contribution in [-0.2, 0) is 6.42 Å². The molecule has 0 N–H and O–H groups in total. The Morgan fingerprint density at radius 1 is 1.35 bits per heavy atom. The van der Waals surface area contributed by atoms with Crippen LogP contribution in [0.15, 0.2) is 18.2 Å². The van der Waals surface area contributed by atoms with Crippen LogP contribution in [0.25, 0.3) is 11.0 Å². The van der Waals surface area contributed by atoms with Gasteiger partial charge in [-0.15, -0.1) is 11.6 Å². The zero-order valence-electron chi connectivity index (χ0n) is 12.4. The molecule has 2 atom stereocenters. The molecular weight excluding hydrogens is 275 g/mol. The van der Waals surface area contributed by atoms with Gasteiger partial charge in [0.05, 0.1) is 5.52 Å². The van der Waals surface area contributed by atoms with Crippen molar-refractivity contribution >= 4 is 22.6 Å². The van der Waals surface area contributed by atoms with Gasteiger partial charge in [-0.25, -0.2) is 9.37 Å². The normalized spacial score (nSPS) is 14.7. The lowest BCUT2D eigenvalue weighted by Gasteiger charge is -2.20. The first-order chi connectivity index (χ1) is 9.58. The van der Waals surface area contributed by atoms with Crippen LogP contribution >= 0.6 is 11.6 Å². The van der Waals surface area contributed by atoms with Gasteiger partial charge >= 0.3 is 0 Å². The molecule has 1 heterocycles. The minimum atomic E-state index is -0.257. The highest BCUT2D eigenvalue weighted by Gasteiger charge is 2.18. The molecule has 0 radical (unpaired) electrons. The smallest absolute Gasteiger partial charge is 0.151 e. The van der Waals surface area contributed by atoms with Crippen LogP contribution in [0.1, 0.15) is 45.5 Å². The summed E-state index contributed by atoms with van der Waals surface area (Å²) in [4.78, 5) is 4.46. The van der Waals surface area contributed by atoms with E-state index in [0.29, 0.717) is 29.8 Å². The van der Waals surface area contributed by atoms with Crippen LogP contribution in [0.3, 0.4) is 0 Å². The predicted octanol–water partition coefficient (Wildman–Crippen LogP) is 4.95. The molecule has 0 bridgehead atoms. The third-order valence-electron chi connectivity index (χ3n) is 3.94. The van der Waals surface area contributed by atoms with E-state index in [9.17, 15) is 4.39 Å². The first-order valence-corrected chi connectivity index (χ1v) is 7.83. The Balaban J connectivity index is 2.48. The minimum absolute atomic E-state index is 0.257. The van der Waals surface area contributed by atoms with Crippen molar-refractivity contribution in [2.45, 2.75) is 46.1 Å². The summed E-state index contributed by atoms with van der Waals surface area (Å²) in [6, 6.07) is 5.45. The van der Waals surface area contributed by atoms with Crippen molar-refractivity contribution in [1.29, 1.82) is 0 Å². The second-order valence-electron chi connectivity index (χ2n) is 5.54. The lowest BCUT2D eigenvalue weighted by atomic mass is 10.00. The number of para-hydroxylation sites is 1. The Morgan fingerprint density at radius 3 is 2.75 bits per heavy atom. The average molecular weight is 297 g/mol. The molecule has 0 fully saturated rings. The molecule has 0 saturated heterocycles. The van der Waals surface area contributed by atoms with E-state index >= 15 is 0 Å². The van der Waals surface area contributed by atoms with Gasteiger partial charge in [-0.1, -0.05) is 26.3 Å². The molecule has 0 saturated carbocycles. The molecule has 2 rings (SSSR count). The Bertz CT molecular complexity index is 579. The van der Waals surface area contributed by atoms with Crippen molar-refractivity contribution in [2.24, 2.45) is 5.92 Å². The molecular formula is C16H22ClFN2. The van der Waals surface area contributed by atoms with E-state index in [2.05, 4.69) is 30.3 Å². The lowest BCUT2D eigenvalue weighted by Crippen LogP contribution is -2.13. The maximum atomic E-state index is 13.9. The standard InChI is InChI=1S/C16H22ClFN2/c1-4-11(2)10-12(3)20-14-7-5-6-13(18)16(14)19-15(20)8-9-17/h5-7,11-12H,4,8-10H2,1-3H3. The van der Waals surface area contributed by atoms with Crippen molar-refractivity contribution in [3.8, 4) is 0 Å². The summed E-state index contributed by atoms with van der Waals surface area (Å²) >= 11 is 5.87. The molecule has 4 heteroatoms. The van der Waals surface area contributed by atoms with Gasteiger partial charge in [-0.05, 0) is 31.4 Å². The van der Waals surface area contributed by atoms with E-state index in [1.165, 1.54) is 6.07 Å². The molecule has 110 valence electrons. The van der Waals surface area contributed by atoms with Gasteiger partial charge in [0.15, 0.2) is 5.82 Å². The van der Waals surface area contributed by atoms with E-state index in [4.69, 9.17) is 11.6 Å². The van der Waals surface area contributed by atoms with Crippen molar-refractivity contribution in [2.75, 3.05) is 5.88 Å². The van der Waals surface area contributed by atoms with Gasteiger partial charge in [0.1, 0.15) is 11.3 Å². The molecule has 2 aromatic rings. The Labute approximate surface area is 125 Å². The van der Waals surface area contributed by atoms with Crippen LogP contribution in [-0.4, -0.2) is 15.4 Å². The molecule has 1 aromatic heterocycles. The fourth-order valence-electron chi connectivity index (χ4n) is 2.74. The summed E-state index contributed by atoms with van der Waals surface area (Å²) in [6.45, 7) is 6.62. The largest absolute Gasteiger partial charge is 0.325 e. The number of nitrogens with zero attached hydrogens (tertiary/aromatic N) is 2. The number of benzene rings is 1. The zero-order chi connectivity index (χ0) is 14.7. The first kappa shape index (κ1) is 15.3. The third-order valence-corrected chi connectivity index (χ3v) is 4.13. The van der Waals surface area contributed by atoms with E-state index in [1.54, 1.807) is 6.07 Å². The number of rotatable bonds is 6. The van der Waals surface area contributed by atoms with Crippen molar-refractivity contribution in [3.05, 3.63) is 29.8 Å². The van der Waals surface area contributed by atoms with Gasteiger partial charge in [0.2, 0.25) is 0 Å². The van der Waals surface area contributed by atoms with Gasteiger partial charge in [0, 0.05) is 18.3 Å². The molecule has 0 spiro atoms. The van der Waals surface area contributed by atoms with Gasteiger partial charge in [0.25, 0.3) is 0 Å². The summed E-state index contributed by atoms with van der Waals surface area (Å²) in [5, 5.41) is 0. The summed E-state index contributed by atoms with van der Waals surface area (Å²) in [5.74, 6) is 1.77. The summed E-state index contributed by atoms with van der Waals surface area (Å²) in [7, 11) is 0. The highest BCUT2D eigenvalue weighted by molar-refractivity contribution is 6.17. The predicted molar refractivity (Wildman–Crippen MR) is 82.9 cm³/mol. The van der Waals surface area contributed by atoms with Crippen molar-refractivity contribution < 1.29 is 4.39 Å². The van der Waals surface area contributed by atoms with E-state index in [-0.39, 0.29) is 5.82 Å². The number of aryl methyl sites for hydroxylation is 1. The van der Waals surface area contributed by atoms with Crippen molar-refractivity contribution in [3.63, 3.8) is 0 Å². The summed E-state index contributed by atoms with van der Waals surface area (Å²) in [6.07, 6.45) is 2.88. The number of fused-ring (bicyclic) bond motifs is 1. The lowest BCUT2D eigenvalue weighted by molar-refractivity contribution is 0.397.